The summed E-state index contributed by atoms with van der Waals surface area (Å²) in [6, 6.07) is 6.77. The summed E-state index contributed by atoms with van der Waals surface area (Å²) in [4.78, 5) is 26.9. The molecule has 108 valence electrons. The maximum Gasteiger partial charge on any atom is 0.326 e. The van der Waals surface area contributed by atoms with Crippen molar-refractivity contribution in [2.45, 2.75) is 32.7 Å². The molecule has 2 rings (SSSR count). The first-order valence-electron chi connectivity index (χ1n) is 6.92. The van der Waals surface area contributed by atoms with E-state index in [9.17, 15) is 14.7 Å². The summed E-state index contributed by atoms with van der Waals surface area (Å²) in [6.45, 7) is 4.90. The maximum absolute atomic E-state index is 12.6. The predicted octanol–water partition coefficient (Wildman–Crippen LogP) is 2.49. The number of hydrogen-bond acceptors (Lipinski definition) is 2. The quantitative estimate of drug-likeness (QED) is 0.922. The lowest BCUT2D eigenvalue weighted by atomic mass is 10.2. The number of carbonyl (C=O) groups is 2. The summed E-state index contributed by atoms with van der Waals surface area (Å²) in [7, 11) is 0. The molecule has 0 aliphatic carbocycles. The van der Waals surface area contributed by atoms with E-state index in [0.29, 0.717) is 19.5 Å². The molecular formula is C15H20N2O3. The van der Waals surface area contributed by atoms with Gasteiger partial charge in [0.2, 0.25) is 0 Å². The highest BCUT2D eigenvalue weighted by Gasteiger charge is 2.36. The molecule has 5 heteroatoms. The van der Waals surface area contributed by atoms with Crippen LogP contribution in [-0.2, 0) is 4.79 Å². The topological polar surface area (TPSA) is 60.9 Å². The number of amides is 2. The van der Waals surface area contributed by atoms with Gasteiger partial charge in [-0.1, -0.05) is 12.1 Å². The fourth-order valence-corrected chi connectivity index (χ4v) is 2.63. The molecule has 0 aromatic heterocycles. The number of anilines is 1. The summed E-state index contributed by atoms with van der Waals surface area (Å²) in [5.74, 6) is -0.920. The van der Waals surface area contributed by atoms with E-state index < -0.39 is 12.0 Å². The number of nitrogens with zero attached hydrogens (tertiary/aromatic N) is 2. The van der Waals surface area contributed by atoms with Gasteiger partial charge in [0.1, 0.15) is 6.04 Å². The van der Waals surface area contributed by atoms with Crippen molar-refractivity contribution in [2.75, 3.05) is 18.0 Å². The van der Waals surface area contributed by atoms with E-state index in [0.717, 1.165) is 17.7 Å². The van der Waals surface area contributed by atoms with Crippen LogP contribution in [0.2, 0.25) is 0 Å². The molecule has 0 spiro atoms. The summed E-state index contributed by atoms with van der Waals surface area (Å²) in [6.07, 6.45) is 1.28. The Hall–Kier alpha value is -2.04. The monoisotopic (exact) mass is 276 g/mol. The van der Waals surface area contributed by atoms with Crippen LogP contribution in [0.4, 0.5) is 10.5 Å². The molecule has 1 atom stereocenters. The Morgan fingerprint density at radius 3 is 2.80 bits per heavy atom. The van der Waals surface area contributed by atoms with Crippen LogP contribution >= 0.6 is 0 Å². The van der Waals surface area contributed by atoms with Crippen LogP contribution < -0.4 is 4.90 Å². The second kappa shape index (κ2) is 5.94. The first-order valence-corrected chi connectivity index (χ1v) is 6.92. The molecule has 5 nitrogen and oxygen atoms in total. The zero-order valence-electron chi connectivity index (χ0n) is 11.9. The van der Waals surface area contributed by atoms with Gasteiger partial charge in [-0.2, -0.15) is 0 Å². The number of hydrogen-bond donors (Lipinski definition) is 1. The third kappa shape index (κ3) is 2.76. The molecule has 0 bridgehead atoms. The number of carboxylic acid groups (broad SMARTS) is 1. The number of carboxylic acids is 1. The molecule has 1 aliphatic heterocycles. The van der Waals surface area contributed by atoms with Crippen molar-refractivity contribution >= 4 is 17.7 Å². The smallest absolute Gasteiger partial charge is 0.326 e. The summed E-state index contributed by atoms with van der Waals surface area (Å²) < 4.78 is 0. The Labute approximate surface area is 118 Å². The zero-order chi connectivity index (χ0) is 14.7. The molecule has 0 radical (unpaired) electrons. The number of benzene rings is 1. The molecule has 1 aliphatic rings. The number of aryl methyl sites for hydroxylation is 1. The lowest BCUT2D eigenvalue weighted by molar-refractivity contribution is -0.141. The standard InChI is InChI=1S/C15H20N2O3/c1-3-16(12-7-4-6-11(2)10-12)15(20)17-9-5-8-13(17)14(18)19/h4,6-7,10,13H,3,5,8-9H2,1-2H3,(H,18,19)/t13-/m1/s1. The second-order valence-electron chi connectivity index (χ2n) is 5.06. The maximum atomic E-state index is 12.6. The highest BCUT2D eigenvalue weighted by molar-refractivity contribution is 5.94. The second-order valence-corrected chi connectivity index (χ2v) is 5.06. The third-order valence-electron chi connectivity index (χ3n) is 3.64. The summed E-state index contributed by atoms with van der Waals surface area (Å²) >= 11 is 0. The first-order chi connectivity index (χ1) is 9.54. The first kappa shape index (κ1) is 14.4. The van der Waals surface area contributed by atoms with Gasteiger partial charge in [-0.05, 0) is 44.4 Å². The van der Waals surface area contributed by atoms with Crippen LogP contribution in [-0.4, -0.2) is 41.1 Å². The van der Waals surface area contributed by atoms with Gasteiger partial charge in [-0.3, -0.25) is 4.90 Å². The van der Waals surface area contributed by atoms with Gasteiger partial charge in [-0.25, -0.2) is 9.59 Å². The van der Waals surface area contributed by atoms with Gasteiger partial charge >= 0.3 is 12.0 Å². The van der Waals surface area contributed by atoms with Crippen molar-refractivity contribution in [1.29, 1.82) is 0 Å². The highest BCUT2D eigenvalue weighted by Crippen LogP contribution is 2.23. The Bertz CT molecular complexity index is 516. The van der Waals surface area contributed by atoms with Crippen molar-refractivity contribution in [2.24, 2.45) is 0 Å². The van der Waals surface area contributed by atoms with Crippen LogP contribution in [0.5, 0.6) is 0 Å². The van der Waals surface area contributed by atoms with Crippen LogP contribution in [0, 0.1) is 6.92 Å². The molecule has 1 heterocycles. The zero-order valence-corrected chi connectivity index (χ0v) is 11.9. The predicted molar refractivity (Wildman–Crippen MR) is 77.0 cm³/mol. The fourth-order valence-electron chi connectivity index (χ4n) is 2.63. The van der Waals surface area contributed by atoms with Gasteiger partial charge in [0.25, 0.3) is 0 Å². The lowest BCUT2D eigenvalue weighted by Crippen LogP contribution is -2.48. The van der Waals surface area contributed by atoms with Gasteiger partial charge < -0.3 is 10.0 Å². The van der Waals surface area contributed by atoms with Crippen molar-refractivity contribution < 1.29 is 14.7 Å². The molecule has 20 heavy (non-hydrogen) atoms. The molecule has 1 saturated heterocycles. The van der Waals surface area contributed by atoms with E-state index in [-0.39, 0.29) is 6.03 Å². The minimum atomic E-state index is -0.920. The fraction of sp³-hybridized carbons (Fsp3) is 0.467. The number of urea groups is 1. The van der Waals surface area contributed by atoms with Gasteiger partial charge in [0, 0.05) is 18.8 Å². The average Bonchev–Trinajstić information content (AvgIpc) is 2.89. The molecule has 1 aromatic rings. The van der Waals surface area contributed by atoms with Gasteiger partial charge in [-0.15, -0.1) is 0 Å². The molecule has 2 amide bonds. The molecule has 0 unspecified atom stereocenters. The van der Waals surface area contributed by atoms with Crippen LogP contribution in [0.25, 0.3) is 0 Å². The Morgan fingerprint density at radius 2 is 2.20 bits per heavy atom. The average molecular weight is 276 g/mol. The van der Waals surface area contributed by atoms with Gasteiger partial charge in [0.15, 0.2) is 0 Å². The van der Waals surface area contributed by atoms with E-state index in [1.165, 1.54) is 4.90 Å². The normalized spacial score (nSPS) is 18.1. The minimum absolute atomic E-state index is 0.219. The molecular weight excluding hydrogens is 256 g/mol. The van der Waals surface area contributed by atoms with Crippen LogP contribution in [0.3, 0.4) is 0 Å². The van der Waals surface area contributed by atoms with Gasteiger partial charge in [0.05, 0.1) is 0 Å². The summed E-state index contributed by atoms with van der Waals surface area (Å²) in [5, 5.41) is 9.19. The molecule has 1 N–H and O–H groups in total. The van der Waals surface area contributed by atoms with Crippen molar-refractivity contribution in [3.05, 3.63) is 29.8 Å². The minimum Gasteiger partial charge on any atom is -0.480 e. The number of carbonyl (C=O) groups excluding carboxylic acids is 1. The van der Waals surface area contributed by atoms with E-state index in [4.69, 9.17) is 0 Å². The summed E-state index contributed by atoms with van der Waals surface area (Å²) in [5.41, 5.74) is 1.89. The third-order valence-corrected chi connectivity index (χ3v) is 3.64. The SMILES string of the molecule is CCN(C(=O)N1CCC[C@@H]1C(=O)O)c1cccc(C)c1. The lowest BCUT2D eigenvalue weighted by Gasteiger charge is -2.29. The largest absolute Gasteiger partial charge is 0.480 e. The van der Waals surface area contributed by atoms with E-state index in [2.05, 4.69) is 0 Å². The van der Waals surface area contributed by atoms with Crippen molar-refractivity contribution in [3.63, 3.8) is 0 Å². The number of likely N-dealkylation sites (tertiary alicyclic amines) is 1. The molecule has 1 fully saturated rings. The molecule has 1 aromatic carbocycles. The Kier molecular flexibility index (Phi) is 4.27. The van der Waals surface area contributed by atoms with Crippen LogP contribution in [0.1, 0.15) is 25.3 Å². The van der Waals surface area contributed by atoms with Crippen molar-refractivity contribution in [1.82, 2.24) is 4.90 Å². The Balaban J connectivity index is 2.23. The molecule has 0 saturated carbocycles. The van der Waals surface area contributed by atoms with E-state index in [1.54, 1.807) is 4.90 Å². The van der Waals surface area contributed by atoms with Crippen molar-refractivity contribution in [3.8, 4) is 0 Å². The van der Waals surface area contributed by atoms with Crippen LogP contribution in [0.15, 0.2) is 24.3 Å². The van der Waals surface area contributed by atoms with E-state index >= 15 is 0 Å². The van der Waals surface area contributed by atoms with E-state index in [1.807, 2.05) is 38.1 Å². The highest BCUT2D eigenvalue weighted by atomic mass is 16.4. The Morgan fingerprint density at radius 1 is 1.45 bits per heavy atom. The number of aliphatic carboxylic acids is 1. The number of rotatable bonds is 3.